The number of nitrogens with zero attached hydrogens (tertiary/aromatic N) is 4. The molecule has 1 atom stereocenters. The van der Waals surface area contributed by atoms with Crippen molar-refractivity contribution >= 4 is 40.6 Å². The van der Waals surface area contributed by atoms with Gasteiger partial charge in [0.05, 0.1) is 20.9 Å². The lowest BCUT2D eigenvalue weighted by atomic mass is 10.2. The summed E-state index contributed by atoms with van der Waals surface area (Å²) >= 11 is 7.04. The first kappa shape index (κ1) is 22.3. The fourth-order valence-electron chi connectivity index (χ4n) is 2.33. The molecule has 2 aromatic carbocycles. The van der Waals surface area contributed by atoms with Gasteiger partial charge in [0.25, 0.3) is 5.69 Å². The second-order valence-electron chi connectivity index (χ2n) is 6.18. The summed E-state index contributed by atoms with van der Waals surface area (Å²) in [7, 11) is 0. The average Bonchev–Trinajstić information content (AvgIpc) is 3.08. The van der Waals surface area contributed by atoms with Crippen molar-refractivity contribution in [2.75, 3.05) is 11.2 Å². The Bertz CT molecular complexity index is 1110. The van der Waals surface area contributed by atoms with E-state index in [1.165, 1.54) is 47.1 Å². The predicted octanol–water partition coefficient (Wildman–Crippen LogP) is 3.39. The number of hydrogen-bond acceptors (Lipinski definition) is 8. The molecule has 0 radical (unpaired) electrons. The monoisotopic (exact) mass is 466 g/mol. The molecule has 13 heteroatoms. The SMILES string of the molecule is CC(Sc1nnc(COc2ccc(F)cc2)n1N)C(=O)Nc1cc([N+](=O)[O-])ccc1Cl. The highest BCUT2D eigenvalue weighted by molar-refractivity contribution is 8.00. The van der Waals surface area contributed by atoms with E-state index in [-0.39, 0.29) is 34.0 Å². The standard InChI is InChI=1S/C18H16ClFN6O4S/c1-10(17(27)22-15-8-12(26(28)29)4-7-14(15)19)31-18-24-23-16(25(18)21)9-30-13-5-2-11(20)3-6-13/h2-8,10H,9,21H2,1H3,(H,22,27). The molecule has 0 aliphatic rings. The van der Waals surface area contributed by atoms with Gasteiger partial charge in [-0.3, -0.25) is 14.9 Å². The van der Waals surface area contributed by atoms with E-state index in [1.54, 1.807) is 6.92 Å². The van der Waals surface area contributed by atoms with Crippen LogP contribution in [0.2, 0.25) is 5.02 Å². The number of hydrogen-bond donors (Lipinski definition) is 2. The number of amides is 1. The molecule has 0 saturated carbocycles. The molecule has 3 rings (SSSR count). The van der Waals surface area contributed by atoms with E-state index < -0.39 is 16.1 Å². The van der Waals surface area contributed by atoms with Gasteiger partial charge in [0.1, 0.15) is 18.2 Å². The Morgan fingerprint density at radius 3 is 2.74 bits per heavy atom. The van der Waals surface area contributed by atoms with Crippen LogP contribution in [0.1, 0.15) is 12.7 Å². The highest BCUT2D eigenvalue weighted by Gasteiger charge is 2.21. The van der Waals surface area contributed by atoms with Crippen molar-refractivity contribution in [3.63, 3.8) is 0 Å². The summed E-state index contributed by atoms with van der Waals surface area (Å²) in [5.74, 6) is 5.85. The fourth-order valence-corrected chi connectivity index (χ4v) is 3.29. The van der Waals surface area contributed by atoms with Gasteiger partial charge < -0.3 is 15.9 Å². The van der Waals surface area contributed by atoms with Crippen molar-refractivity contribution in [1.29, 1.82) is 0 Å². The normalized spacial score (nSPS) is 11.7. The van der Waals surface area contributed by atoms with Crippen LogP contribution in [0.5, 0.6) is 5.75 Å². The van der Waals surface area contributed by atoms with Gasteiger partial charge in [0.2, 0.25) is 11.1 Å². The molecular weight excluding hydrogens is 451 g/mol. The van der Waals surface area contributed by atoms with Gasteiger partial charge in [-0.05, 0) is 37.3 Å². The van der Waals surface area contributed by atoms with Gasteiger partial charge in [0.15, 0.2) is 5.82 Å². The van der Waals surface area contributed by atoms with Gasteiger partial charge in [0, 0.05) is 12.1 Å². The lowest BCUT2D eigenvalue weighted by Crippen LogP contribution is -2.24. The third-order valence-electron chi connectivity index (χ3n) is 3.99. The van der Waals surface area contributed by atoms with Crippen molar-refractivity contribution < 1.29 is 18.8 Å². The van der Waals surface area contributed by atoms with Crippen LogP contribution in [0.3, 0.4) is 0 Å². The number of anilines is 1. The molecule has 31 heavy (non-hydrogen) atoms. The molecule has 1 amide bonds. The van der Waals surface area contributed by atoms with Gasteiger partial charge >= 0.3 is 0 Å². The first-order valence-corrected chi connectivity index (χ1v) is 9.99. The average molecular weight is 467 g/mol. The molecule has 0 spiro atoms. The Balaban J connectivity index is 1.62. The van der Waals surface area contributed by atoms with Crippen LogP contribution < -0.4 is 15.9 Å². The number of halogens is 2. The third kappa shape index (κ3) is 5.61. The van der Waals surface area contributed by atoms with Crippen molar-refractivity contribution in [1.82, 2.24) is 14.9 Å². The summed E-state index contributed by atoms with van der Waals surface area (Å²) in [6, 6.07) is 9.20. The minimum absolute atomic E-state index is 0.0143. The lowest BCUT2D eigenvalue weighted by Gasteiger charge is -2.12. The Kier molecular flexibility index (Phi) is 6.92. The number of nitro benzene ring substituents is 1. The number of nitrogen functional groups attached to an aromatic ring is 1. The van der Waals surface area contributed by atoms with Crippen molar-refractivity contribution in [2.45, 2.75) is 23.9 Å². The number of ether oxygens (including phenoxy) is 1. The van der Waals surface area contributed by atoms with Crippen LogP contribution in [0.4, 0.5) is 15.8 Å². The topological polar surface area (TPSA) is 138 Å². The molecule has 10 nitrogen and oxygen atoms in total. The number of nitro groups is 1. The Morgan fingerprint density at radius 1 is 1.35 bits per heavy atom. The Morgan fingerprint density at radius 2 is 2.06 bits per heavy atom. The molecule has 1 heterocycles. The fraction of sp³-hybridized carbons (Fsp3) is 0.167. The molecule has 0 aliphatic carbocycles. The maximum absolute atomic E-state index is 12.9. The molecule has 1 aromatic heterocycles. The van der Waals surface area contributed by atoms with Crippen LogP contribution in [-0.4, -0.2) is 31.0 Å². The maximum atomic E-state index is 12.9. The van der Waals surface area contributed by atoms with Gasteiger partial charge in [-0.15, -0.1) is 10.2 Å². The van der Waals surface area contributed by atoms with Gasteiger partial charge in [-0.1, -0.05) is 23.4 Å². The lowest BCUT2D eigenvalue weighted by molar-refractivity contribution is -0.384. The van der Waals surface area contributed by atoms with Gasteiger partial charge in [-0.2, -0.15) is 0 Å². The predicted molar refractivity (Wildman–Crippen MR) is 113 cm³/mol. The molecule has 0 saturated heterocycles. The molecular formula is C18H16ClFN6O4S. The highest BCUT2D eigenvalue weighted by atomic mass is 35.5. The molecule has 0 bridgehead atoms. The minimum atomic E-state index is -0.673. The minimum Gasteiger partial charge on any atom is -0.486 e. The number of thioether (sulfide) groups is 1. The second-order valence-corrected chi connectivity index (χ2v) is 7.90. The highest BCUT2D eigenvalue weighted by Crippen LogP contribution is 2.28. The first-order chi connectivity index (χ1) is 14.7. The second kappa shape index (κ2) is 9.62. The van der Waals surface area contributed by atoms with E-state index in [4.69, 9.17) is 22.2 Å². The number of rotatable bonds is 8. The van der Waals surface area contributed by atoms with E-state index in [0.29, 0.717) is 11.6 Å². The zero-order valence-electron chi connectivity index (χ0n) is 16.0. The van der Waals surface area contributed by atoms with E-state index in [9.17, 15) is 19.3 Å². The summed E-state index contributed by atoms with van der Waals surface area (Å²) in [6.07, 6.45) is 0. The molecule has 0 aliphatic heterocycles. The zero-order chi connectivity index (χ0) is 22.5. The Labute approximate surface area is 184 Å². The molecule has 162 valence electrons. The smallest absolute Gasteiger partial charge is 0.271 e. The maximum Gasteiger partial charge on any atom is 0.271 e. The quantitative estimate of drug-likeness (QED) is 0.223. The number of non-ortho nitro benzene ring substituents is 1. The van der Waals surface area contributed by atoms with Gasteiger partial charge in [-0.25, -0.2) is 9.07 Å². The molecule has 3 N–H and O–H groups in total. The number of nitrogens with two attached hydrogens (primary N) is 1. The number of carbonyl (C=O) groups is 1. The molecule has 1 unspecified atom stereocenters. The summed E-state index contributed by atoms with van der Waals surface area (Å²) in [5.41, 5.74) is -0.0802. The van der Waals surface area contributed by atoms with E-state index in [1.807, 2.05) is 0 Å². The van der Waals surface area contributed by atoms with Crippen LogP contribution in [-0.2, 0) is 11.4 Å². The number of benzene rings is 2. The van der Waals surface area contributed by atoms with Crippen LogP contribution >= 0.6 is 23.4 Å². The first-order valence-electron chi connectivity index (χ1n) is 8.74. The molecule has 0 fully saturated rings. The zero-order valence-corrected chi connectivity index (χ0v) is 17.6. The number of nitrogens with one attached hydrogen (secondary N) is 1. The van der Waals surface area contributed by atoms with Crippen molar-refractivity contribution in [3.05, 3.63) is 69.2 Å². The van der Waals surface area contributed by atoms with Crippen LogP contribution in [0.15, 0.2) is 47.6 Å². The van der Waals surface area contributed by atoms with Crippen LogP contribution in [0, 0.1) is 15.9 Å². The van der Waals surface area contributed by atoms with E-state index in [0.717, 1.165) is 11.8 Å². The Hall–Kier alpha value is -3.38. The summed E-state index contributed by atoms with van der Waals surface area (Å²) < 4.78 is 19.6. The summed E-state index contributed by atoms with van der Waals surface area (Å²) in [6.45, 7) is 1.59. The summed E-state index contributed by atoms with van der Waals surface area (Å²) in [4.78, 5) is 22.8. The number of aromatic nitrogens is 3. The van der Waals surface area contributed by atoms with Crippen LogP contribution in [0.25, 0.3) is 0 Å². The number of carbonyl (C=O) groups excluding carboxylic acids is 1. The van der Waals surface area contributed by atoms with Crippen molar-refractivity contribution in [2.24, 2.45) is 0 Å². The largest absolute Gasteiger partial charge is 0.486 e. The molecule has 3 aromatic rings. The third-order valence-corrected chi connectivity index (χ3v) is 5.37. The summed E-state index contributed by atoms with van der Waals surface area (Å²) in [5, 5.41) is 21.1. The van der Waals surface area contributed by atoms with Crippen molar-refractivity contribution in [3.8, 4) is 5.75 Å². The van der Waals surface area contributed by atoms with E-state index >= 15 is 0 Å². The van der Waals surface area contributed by atoms with E-state index in [2.05, 4.69) is 15.5 Å².